The lowest BCUT2D eigenvalue weighted by molar-refractivity contribution is -0.132. The van der Waals surface area contributed by atoms with E-state index in [1.807, 2.05) is 26.0 Å². The fraction of sp³-hybridized carbons (Fsp3) is 0.200. The number of Topliss-reactive ketones (excluding diaryl/α,β-unsaturated/α-hetero) is 1. The van der Waals surface area contributed by atoms with Crippen LogP contribution in [0.15, 0.2) is 58.5 Å². The fourth-order valence-corrected chi connectivity index (χ4v) is 4.14. The zero-order chi connectivity index (χ0) is 22.6. The van der Waals surface area contributed by atoms with Gasteiger partial charge in [0.05, 0.1) is 5.57 Å². The molecule has 0 radical (unpaired) electrons. The molecular formula is C25H21NO6. The normalized spacial score (nSPS) is 19.1. The second kappa shape index (κ2) is 7.30. The van der Waals surface area contributed by atoms with E-state index in [-0.39, 0.29) is 18.1 Å². The van der Waals surface area contributed by atoms with E-state index in [0.717, 1.165) is 11.1 Å². The minimum atomic E-state index is -0.927. The largest absolute Gasteiger partial charge is 0.507 e. The summed E-state index contributed by atoms with van der Waals surface area (Å²) in [5.41, 5.74) is 2.64. The molecule has 1 fully saturated rings. The van der Waals surface area contributed by atoms with Crippen molar-refractivity contribution in [2.24, 2.45) is 0 Å². The summed E-state index contributed by atoms with van der Waals surface area (Å²) < 4.78 is 16.6. The van der Waals surface area contributed by atoms with Crippen molar-refractivity contribution in [1.29, 1.82) is 0 Å². The van der Waals surface area contributed by atoms with Gasteiger partial charge in [-0.3, -0.25) is 14.5 Å². The van der Waals surface area contributed by atoms with Crippen LogP contribution in [0.5, 0.6) is 11.5 Å². The fourth-order valence-electron chi connectivity index (χ4n) is 4.14. The van der Waals surface area contributed by atoms with Gasteiger partial charge in [0.25, 0.3) is 11.7 Å². The summed E-state index contributed by atoms with van der Waals surface area (Å²) in [6.07, 6.45) is 0. The van der Waals surface area contributed by atoms with Crippen LogP contribution in [0.2, 0.25) is 0 Å². The van der Waals surface area contributed by atoms with Gasteiger partial charge in [-0.1, -0.05) is 17.7 Å². The van der Waals surface area contributed by atoms with Crippen LogP contribution in [0.25, 0.3) is 5.76 Å². The van der Waals surface area contributed by atoms with E-state index < -0.39 is 17.7 Å². The summed E-state index contributed by atoms with van der Waals surface area (Å²) in [6, 6.07) is 13.1. The molecule has 5 rings (SSSR count). The number of furan rings is 1. The lowest BCUT2D eigenvalue weighted by atomic mass is 9.96. The SMILES string of the molecule is Cc1ccc(C)c(/C(O)=C2/C(=O)C(=O)N(c3ccc4c(c3)OCO4)C2c2ccc(C)o2)c1. The van der Waals surface area contributed by atoms with E-state index >= 15 is 0 Å². The summed E-state index contributed by atoms with van der Waals surface area (Å²) in [5, 5.41) is 11.3. The average Bonchev–Trinajstić information content (AvgIpc) is 3.47. The molecule has 3 aromatic rings. The first-order valence-corrected chi connectivity index (χ1v) is 10.2. The van der Waals surface area contributed by atoms with E-state index in [9.17, 15) is 14.7 Å². The number of rotatable bonds is 3. The van der Waals surface area contributed by atoms with Crippen molar-refractivity contribution >= 4 is 23.1 Å². The molecule has 1 amide bonds. The second-order valence-corrected chi connectivity index (χ2v) is 7.97. The van der Waals surface area contributed by atoms with Crippen LogP contribution in [0, 0.1) is 20.8 Å². The van der Waals surface area contributed by atoms with Crippen molar-refractivity contribution in [3.8, 4) is 11.5 Å². The third-order valence-electron chi connectivity index (χ3n) is 5.76. The molecule has 1 saturated heterocycles. The summed E-state index contributed by atoms with van der Waals surface area (Å²) in [4.78, 5) is 27.8. The maximum absolute atomic E-state index is 13.2. The molecule has 0 spiro atoms. The van der Waals surface area contributed by atoms with Crippen LogP contribution in [0.4, 0.5) is 5.69 Å². The number of benzene rings is 2. The van der Waals surface area contributed by atoms with Gasteiger partial charge in [-0.2, -0.15) is 0 Å². The molecule has 3 heterocycles. The van der Waals surface area contributed by atoms with Gasteiger partial charge in [-0.05, 0) is 56.7 Å². The first kappa shape index (κ1) is 19.9. The van der Waals surface area contributed by atoms with Gasteiger partial charge >= 0.3 is 0 Å². The first-order valence-electron chi connectivity index (χ1n) is 10.2. The number of hydrogen-bond donors (Lipinski definition) is 1. The lowest BCUT2D eigenvalue weighted by Gasteiger charge is -2.23. The number of ether oxygens (including phenoxy) is 2. The predicted molar refractivity (Wildman–Crippen MR) is 117 cm³/mol. The molecule has 2 aromatic carbocycles. The Balaban J connectivity index is 1.72. The van der Waals surface area contributed by atoms with E-state index in [1.54, 1.807) is 43.3 Å². The molecule has 7 heteroatoms. The van der Waals surface area contributed by atoms with Crippen molar-refractivity contribution in [3.05, 3.63) is 82.3 Å². The number of fused-ring (bicyclic) bond motifs is 1. The molecule has 1 atom stereocenters. The van der Waals surface area contributed by atoms with Gasteiger partial charge in [0.15, 0.2) is 11.5 Å². The molecule has 0 aliphatic carbocycles. The van der Waals surface area contributed by atoms with Crippen molar-refractivity contribution in [2.45, 2.75) is 26.8 Å². The monoisotopic (exact) mass is 431 g/mol. The number of nitrogens with zero attached hydrogens (tertiary/aromatic N) is 1. The molecule has 7 nitrogen and oxygen atoms in total. The predicted octanol–water partition coefficient (Wildman–Crippen LogP) is 4.56. The van der Waals surface area contributed by atoms with E-state index in [1.165, 1.54) is 4.90 Å². The van der Waals surface area contributed by atoms with Gasteiger partial charge in [0.2, 0.25) is 6.79 Å². The Kier molecular flexibility index (Phi) is 4.55. The summed E-state index contributed by atoms with van der Waals surface area (Å²) in [5.74, 6) is 0.287. The highest BCUT2D eigenvalue weighted by molar-refractivity contribution is 6.51. The highest BCUT2D eigenvalue weighted by Gasteiger charge is 2.48. The van der Waals surface area contributed by atoms with Crippen LogP contribution >= 0.6 is 0 Å². The Bertz CT molecular complexity index is 1300. The summed E-state index contributed by atoms with van der Waals surface area (Å²) >= 11 is 0. The maximum atomic E-state index is 13.2. The number of carbonyl (C=O) groups excluding carboxylic acids is 2. The Labute approximate surface area is 184 Å². The van der Waals surface area contributed by atoms with E-state index in [4.69, 9.17) is 13.9 Å². The molecule has 1 N–H and O–H groups in total. The number of aliphatic hydroxyl groups is 1. The first-order chi connectivity index (χ1) is 15.3. The van der Waals surface area contributed by atoms with Crippen LogP contribution in [-0.2, 0) is 9.59 Å². The zero-order valence-electron chi connectivity index (χ0n) is 17.8. The van der Waals surface area contributed by atoms with E-state index in [0.29, 0.717) is 34.3 Å². The van der Waals surface area contributed by atoms with Crippen LogP contribution < -0.4 is 14.4 Å². The molecule has 0 saturated carbocycles. The summed E-state index contributed by atoms with van der Waals surface area (Å²) in [7, 11) is 0. The van der Waals surface area contributed by atoms with Gasteiger partial charge in [-0.15, -0.1) is 0 Å². The lowest BCUT2D eigenvalue weighted by Crippen LogP contribution is -2.29. The van der Waals surface area contributed by atoms with Crippen molar-refractivity contribution in [3.63, 3.8) is 0 Å². The summed E-state index contributed by atoms with van der Waals surface area (Å²) in [6.45, 7) is 5.61. The molecule has 2 aliphatic rings. The number of amides is 1. The van der Waals surface area contributed by atoms with Crippen molar-refractivity contribution in [2.75, 3.05) is 11.7 Å². The molecule has 1 unspecified atom stereocenters. The number of anilines is 1. The molecule has 32 heavy (non-hydrogen) atoms. The second-order valence-electron chi connectivity index (χ2n) is 7.97. The molecule has 2 aliphatic heterocycles. The molecule has 0 bridgehead atoms. The number of aryl methyl sites for hydroxylation is 3. The third kappa shape index (κ3) is 3.05. The average molecular weight is 431 g/mol. The molecular weight excluding hydrogens is 410 g/mol. The quantitative estimate of drug-likeness (QED) is 0.372. The Morgan fingerprint density at radius 1 is 0.969 bits per heavy atom. The van der Waals surface area contributed by atoms with Gasteiger partial charge in [0, 0.05) is 17.3 Å². The van der Waals surface area contributed by atoms with Gasteiger partial charge < -0.3 is 19.0 Å². The Morgan fingerprint density at radius 2 is 1.75 bits per heavy atom. The van der Waals surface area contributed by atoms with Crippen molar-refractivity contribution < 1.29 is 28.6 Å². The van der Waals surface area contributed by atoms with Gasteiger partial charge in [0.1, 0.15) is 23.3 Å². The topological polar surface area (TPSA) is 89.2 Å². The minimum Gasteiger partial charge on any atom is -0.507 e. The highest BCUT2D eigenvalue weighted by atomic mass is 16.7. The Morgan fingerprint density at radius 3 is 2.50 bits per heavy atom. The highest BCUT2D eigenvalue weighted by Crippen LogP contribution is 2.45. The van der Waals surface area contributed by atoms with Crippen LogP contribution in [0.1, 0.15) is 34.3 Å². The zero-order valence-corrected chi connectivity index (χ0v) is 17.8. The molecule has 1 aromatic heterocycles. The van der Waals surface area contributed by atoms with Crippen LogP contribution in [-0.4, -0.2) is 23.6 Å². The maximum Gasteiger partial charge on any atom is 0.300 e. The van der Waals surface area contributed by atoms with Crippen molar-refractivity contribution in [1.82, 2.24) is 0 Å². The standard InChI is InChI=1S/C25H21NO6/c1-13-4-5-14(2)17(10-13)23(27)21-22(19-8-6-15(3)32-19)26(25(29)24(21)28)16-7-9-18-20(11-16)31-12-30-18/h4-11,22,27H,12H2,1-3H3/b23-21-. The molecule has 162 valence electrons. The third-order valence-corrected chi connectivity index (χ3v) is 5.76. The smallest absolute Gasteiger partial charge is 0.300 e. The number of ketones is 1. The number of carbonyl (C=O) groups is 2. The van der Waals surface area contributed by atoms with Crippen LogP contribution in [0.3, 0.4) is 0 Å². The Hall–Kier alpha value is -4.00. The van der Waals surface area contributed by atoms with E-state index in [2.05, 4.69) is 0 Å². The minimum absolute atomic E-state index is 0.0179. The number of hydrogen-bond acceptors (Lipinski definition) is 6. The van der Waals surface area contributed by atoms with Gasteiger partial charge in [-0.25, -0.2) is 0 Å². The number of aliphatic hydroxyl groups excluding tert-OH is 1.